The molecule has 7 heteroatoms. The summed E-state index contributed by atoms with van der Waals surface area (Å²) in [5.41, 5.74) is 0. The normalized spacial score (nSPS) is 13.5. The smallest absolute Gasteiger partial charge is 0.321 e. The lowest BCUT2D eigenvalue weighted by Gasteiger charge is -2.17. The quantitative estimate of drug-likeness (QED) is 0.824. The number of rotatable bonds is 6. The van der Waals surface area contributed by atoms with E-state index in [1.807, 2.05) is 13.8 Å². The van der Waals surface area contributed by atoms with Crippen molar-refractivity contribution in [3.05, 3.63) is 28.7 Å². The molecule has 0 fully saturated rings. The molecule has 1 atom stereocenters. The second-order valence-electron chi connectivity index (χ2n) is 4.57. The van der Waals surface area contributed by atoms with Gasteiger partial charge in [-0.1, -0.05) is 26.0 Å². The van der Waals surface area contributed by atoms with Gasteiger partial charge < -0.3 is 5.11 Å². The van der Waals surface area contributed by atoms with Gasteiger partial charge in [-0.3, -0.25) is 4.79 Å². The van der Waals surface area contributed by atoms with E-state index in [4.69, 9.17) is 5.11 Å². The van der Waals surface area contributed by atoms with Crippen molar-refractivity contribution in [2.75, 3.05) is 0 Å². The second-order valence-corrected chi connectivity index (χ2v) is 7.11. The van der Waals surface area contributed by atoms with Crippen molar-refractivity contribution in [2.45, 2.75) is 31.2 Å². The van der Waals surface area contributed by atoms with E-state index in [2.05, 4.69) is 20.7 Å². The van der Waals surface area contributed by atoms with Gasteiger partial charge in [0.2, 0.25) is 10.0 Å². The van der Waals surface area contributed by atoms with Crippen LogP contribution in [0.1, 0.15) is 20.3 Å². The third-order valence-corrected chi connectivity index (χ3v) is 4.91. The molecule has 0 aliphatic heterocycles. The van der Waals surface area contributed by atoms with E-state index in [0.29, 0.717) is 4.47 Å². The number of sulfonamides is 1. The standard InChI is InChI=1S/C12H16BrNO4S/c1-8(2)7-10(12(15)16)14-19(17,18)11-6-4-3-5-9(11)13/h3-6,8,10,14H,7H2,1-2H3,(H,15,16)/t10-/m0/s1. The molecule has 0 saturated carbocycles. The maximum atomic E-state index is 12.1. The molecular weight excluding hydrogens is 334 g/mol. The molecule has 0 unspecified atom stereocenters. The maximum Gasteiger partial charge on any atom is 0.321 e. The Labute approximate surface area is 121 Å². The molecule has 19 heavy (non-hydrogen) atoms. The molecule has 0 saturated heterocycles. The average molecular weight is 350 g/mol. The van der Waals surface area contributed by atoms with Crippen LogP contribution in [0, 0.1) is 5.92 Å². The Hall–Kier alpha value is -0.920. The molecule has 2 N–H and O–H groups in total. The summed E-state index contributed by atoms with van der Waals surface area (Å²) in [5, 5.41) is 9.06. The van der Waals surface area contributed by atoms with Crippen LogP contribution < -0.4 is 4.72 Å². The minimum Gasteiger partial charge on any atom is -0.480 e. The van der Waals surface area contributed by atoms with Gasteiger partial charge in [-0.15, -0.1) is 0 Å². The Bertz CT molecular complexity index is 557. The molecule has 0 amide bonds. The molecule has 0 aromatic heterocycles. The number of halogens is 1. The zero-order valence-electron chi connectivity index (χ0n) is 10.6. The summed E-state index contributed by atoms with van der Waals surface area (Å²) in [5.74, 6) is -1.10. The lowest BCUT2D eigenvalue weighted by atomic mass is 10.1. The van der Waals surface area contributed by atoms with Crippen LogP contribution in [0.4, 0.5) is 0 Å². The molecule has 106 valence electrons. The number of hydrogen-bond donors (Lipinski definition) is 2. The van der Waals surface area contributed by atoms with Gasteiger partial charge in [0, 0.05) is 4.47 Å². The molecule has 0 spiro atoms. The summed E-state index contributed by atoms with van der Waals surface area (Å²) < 4.78 is 26.9. The van der Waals surface area contributed by atoms with Gasteiger partial charge in [-0.05, 0) is 40.4 Å². The van der Waals surface area contributed by atoms with E-state index in [1.54, 1.807) is 18.2 Å². The van der Waals surface area contributed by atoms with Crippen molar-refractivity contribution in [2.24, 2.45) is 5.92 Å². The van der Waals surface area contributed by atoms with Crippen molar-refractivity contribution in [3.63, 3.8) is 0 Å². The molecule has 1 aromatic rings. The number of carbonyl (C=O) groups is 1. The third-order valence-electron chi connectivity index (χ3n) is 2.43. The van der Waals surface area contributed by atoms with Crippen LogP contribution in [0.15, 0.2) is 33.6 Å². The fraction of sp³-hybridized carbons (Fsp3) is 0.417. The van der Waals surface area contributed by atoms with Crippen LogP contribution in [0.3, 0.4) is 0 Å². The number of carboxylic acid groups (broad SMARTS) is 1. The molecule has 0 bridgehead atoms. The van der Waals surface area contributed by atoms with Crippen LogP contribution in [0.25, 0.3) is 0 Å². The summed E-state index contributed by atoms with van der Waals surface area (Å²) in [6.07, 6.45) is 0.235. The van der Waals surface area contributed by atoms with Gasteiger partial charge in [0.05, 0.1) is 4.90 Å². The average Bonchev–Trinajstić information content (AvgIpc) is 2.27. The van der Waals surface area contributed by atoms with E-state index in [-0.39, 0.29) is 17.2 Å². The minimum atomic E-state index is -3.86. The third kappa shape index (κ3) is 4.59. The van der Waals surface area contributed by atoms with Crippen LogP contribution in [-0.2, 0) is 14.8 Å². The molecule has 5 nitrogen and oxygen atoms in total. The number of carboxylic acids is 1. The van der Waals surface area contributed by atoms with Crippen LogP contribution >= 0.6 is 15.9 Å². The van der Waals surface area contributed by atoms with Crippen molar-refractivity contribution in [1.82, 2.24) is 4.72 Å². The van der Waals surface area contributed by atoms with Gasteiger partial charge in [0.15, 0.2) is 0 Å². The summed E-state index contributed by atoms with van der Waals surface area (Å²) in [6, 6.07) is 5.15. The second kappa shape index (κ2) is 6.49. The van der Waals surface area contributed by atoms with Gasteiger partial charge in [-0.2, -0.15) is 4.72 Å². The molecule has 0 heterocycles. The maximum absolute atomic E-state index is 12.1. The first kappa shape index (κ1) is 16.1. The minimum absolute atomic E-state index is 0.0324. The Kier molecular flexibility index (Phi) is 5.51. The first-order chi connectivity index (χ1) is 8.74. The highest BCUT2D eigenvalue weighted by molar-refractivity contribution is 9.10. The van der Waals surface area contributed by atoms with E-state index >= 15 is 0 Å². The van der Waals surface area contributed by atoms with Crippen LogP contribution in [-0.4, -0.2) is 25.5 Å². The predicted octanol–water partition coefficient (Wildman–Crippen LogP) is 2.23. The topological polar surface area (TPSA) is 83.5 Å². The first-order valence-corrected chi connectivity index (χ1v) is 8.01. The summed E-state index contributed by atoms with van der Waals surface area (Å²) in [6.45, 7) is 3.67. The fourth-order valence-corrected chi connectivity index (χ4v) is 3.79. The number of hydrogen-bond acceptors (Lipinski definition) is 3. The molecule has 0 aliphatic carbocycles. The lowest BCUT2D eigenvalue weighted by molar-refractivity contribution is -0.139. The predicted molar refractivity (Wildman–Crippen MR) is 75.3 cm³/mol. The summed E-state index contributed by atoms with van der Waals surface area (Å²) in [4.78, 5) is 11.1. The van der Waals surface area contributed by atoms with Gasteiger partial charge >= 0.3 is 5.97 Å². The van der Waals surface area contributed by atoms with Crippen molar-refractivity contribution in [1.29, 1.82) is 0 Å². The van der Waals surface area contributed by atoms with E-state index < -0.39 is 22.0 Å². The Morgan fingerprint density at radius 1 is 1.37 bits per heavy atom. The van der Waals surface area contributed by atoms with Crippen molar-refractivity contribution >= 4 is 31.9 Å². The summed E-state index contributed by atoms with van der Waals surface area (Å²) >= 11 is 3.14. The monoisotopic (exact) mass is 349 g/mol. The number of benzene rings is 1. The molecule has 1 rings (SSSR count). The van der Waals surface area contributed by atoms with Gasteiger partial charge in [-0.25, -0.2) is 8.42 Å². The van der Waals surface area contributed by atoms with E-state index in [0.717, 1.165) is 0 Å². The zero-order valence-corrected chi connectivity index (χ0v) is 13.0. The molecule has 0 aliphatic rings. The van der Waals surface area contributed by atoms with Crippen LogP contribution in [0.5, 0.6) is 0 Å². The highest BCUT2D eigenvalue weighted by atomic mass is 79.9. The lowest BCUT2D eigenvalue weighted by Crippen LogP contribution is -2.41. The van der Waals surface area contributed by atoms with E-state index in [9.17, 15) is 13.2 Å². The Balaban J connectivity index is 3.01. The molecule has 0 radical (unpaired) electrons. The van der Waals surface area contributed by atoms with Crippen LogP contribution in [0.2, 0.25) is 0 Å². The Morgan fingerprint density at radius 2 is 1.95 bits per heavy atom. The SMILES string of the molecule is CC(C)C[C@H](NS(=O)(=O)c1ccccc1Br)C(=O)O. The number of nitrogens with one attached hydrogen (secondary N) is 1. The van der Waals surface area contributed by atoms with Crippen molar-refractivity contribution in [3.8, 4) is 0 Å². The van der Waals surface area contributed by atoms with Crippen molar-refractivity contribution < 1.29 is 18.3 Å². The molecular formula is C12H16BrNO4S. The summed E-state index contributed by atoms with van der Waals surface area (Å²) in [7, 11) is -3.86. The van der Waals surface area contributed by atoms with Gasteiger partial charge in [0.1, 0.15) is 6.04 Å². The largest absolute Gasteiger partial charge is 0.480 e. The molecule has 1 aromatic carbocycles. The number of aliphatic carboxylic acids is 1. The fourth-order valence-electron chi connectivity index (χ4n) is 1.58. The Morgan fingerprint density at radius 3 is 2.42 bits per heavy atom. The highest BCUT2D eigenvalue weighted by Crippen LogP contribution is 2.21. The van der Waals surface area contributed by atoms with E-state index in [1.165, 1.54) is 6.07 Å². The zero-order chi connectivity index (χ0) is 14.6. The highest BCUT2D eigenvalue weighted by Gasteiger charge is 2.27. The van der Waals surface area contributed by atoms with Gasteiger partial charge in [0.25, 0.3) is 0 Å². The first-order valence-electron chi connectivity index (χ1n) is 5.73.